The first-order valence-electron chi connectivity index (χ1n) is 9.69. The van der Waals surface area contributed by atoms with Crippen LogP contribution in [0.25, 0.3) is 11.3 Å². The van der Waals surface area contributed by atoms with Crippen LogP contribution in [0.5, 0.6) is 5.75 Å². The molecule has 2 heterocycles. The number of rotatable bonds is 8. The standard InChI is InChI=1S/C20H25F3N4O2/c1-3-13(2)25-19-26-17(11-18(27-19)24-12-16-8-5-9-28-16)14-6-4-7-15(10-14)29-20(21,22)23/h4,6-7,10-11,13,16H,3,5,8-9,12H2,1-2H3,(H2,24,25,26,27)/t13-,16-/m1/s1. The van der Waals surface area contributed by atoms with Crippen molar-refractivity contribution in [1.82, 2.24) is 9.97 Å². The molecule has 0 unspecified atom stereocenters. The molecule has 0 saturated carbocycles. The lowest BCUT2D eigenvalue weighted by atomic mass is 10.1. The predicted molar refractivity (Wildman–Crippen MR) is 105 cm³/mol. The number of benzene rings is 1. The fraction of sp³-hybridized carbons (Fsp3) is 0.500. The fourth-order valence-electron chi connectivity index (χ4n) is 2.95. The second kappa shape index (κ2) is 9.30. The zero-order valence-corrected chi connectivity index (χ0v) is 16.4. The Hall–Kier alpha value is -2.55. The van der Waals surface area contributed by atoms with Crippen LogP contribution in [0.2, 0.25) is 0 Å². The number of halogens is 3. The number of alkyl halides is 3. The molecule has 0 spiro atoms. The van der Waals surface area contributed by atoms with Gasteiger partial charge in [-0.2, -0.15) is 4.98 Å². The Morgan fingerprint density at radius 1 is 1.28 bits per heavy atom. The SMILES string of the molecule is CC[C@@H](C)Nc1nc(NC[C@H]2CCCO2)cc(-c2cccc(OC(F)(F)F)c2)n1. The molecule has 1 aromatic heterocycles. The molecule has 158 valence electrons. The summed E-state index contributed by atoms with van der Waals surface area (Å²) in [7, 11) is 0. The molecule has 3 rings (SSSR count). The zero-order valence-electron chi connectivity index (χ0n) is 16.4. The molecule has 29 heavy (non-hydrogen) atoms. The fourth-order valence-corrected chi connectivity index (χ4v) is 2.95. The van der Waals surface area contributed by atoms with Crippen LogP contribution in [0.4, 0.5) is 24.9 Å². The summed E-state index contributed by atoms with van der Waals surface area (Å²) >= 11 is 0. The number of nitrogens with one attached hydrogen (secondary N) is 2. The molecule has 1 fully saturated rings. The molecular formula is C20H25F3N4O2. The third kappa shape index (κ3) is 6.49. The topological polar surface area (TPSA) is 68.3 Å². The third-order valence-corrected chi connectivity index (χ3v) is 4.61. The van der Waals surface area contributed by atoms with Crippen molar-refractivity contribution in [3.8, 4) is 17.0 Å². The summed E-state index contributed by atoms with van der Waals surface area (Å²) in [4.78, 5) is 8.97. The largest absolute Gasteiger partial charge is 0.573 e. The summed E-state index contributed by atoms with van der Waals surface area (Å²) in [6.07, 6.45) is -1.72. The number of aromatic nitrogens is 2. The average Bonchev–Trinajstić information content (AvgIpc) is 3.18. The van der Waals surface area contributed by atoms with Crippen LogP contribution < -0.4 is 15.4 Å². The van der Waals surface area contributed by atoms with Crippen molar-refractivity contribution in [2.45, 2.75) is 51.6 Å². The Bertz CT molecular complexity index is 811. The van der Waals surface area contributed by atoms with E-state index in [2.05, 4.69) is 25.3 Å². The Balaban J connectivity index is 1.86. The maximum Gasteiger partial charge on any atom is 0.573 e. The van der Waals surface area contributed by atoms with Gasteiger partial charge in [0, 0.05) is 30.8 Å². The van der Waals surface area contributed by atoms with E-state index in [0.29, 0.717) is 29.6 Å². The Kier molecular flexibility index (Phi) is 6.79. The van der Waals surface area contributed by atoms with E-state index in [1.165, 1.54) is 18.2 Å². The van der Waals surface area contributed by atoms with Crippen LogP contribution in [0.15, 0.2) is 30.3 Å². The Labute approximate surface area is 167 Å². The van der Waals surface area contributed by atoms with E-state index in [4.69, 9.17) is 4.74 Å². The van der Waals surface area contributed by atoms with Crippen LogP contribution in [-0.2, 0) is 4.74 Å². The summed E-state index contributed by atoms with van der Waals surface area (Å²) in [5.74, 6) is 0.700. The van der Waals surface area contributed by atoms with E-state index in [1.54, 1.807) is 12.1 Å². The Morgan fingerprint density at radius 2 is 2.10 bits per heavy atom. The van der Waals surface area contributed by atoms with E-state index in [-0.39, 0.29) is 17.9 Å². The van der Waals surface area contributed by atoms with Gasteiger partial charge in [-0.15, -0.1) is 13.2 Å². The molecule has 0 radical (unpaired) electrons. The molecule has 1 saturated heterocycles. The van der Waals surface area contributed by atoms with Crippen LogP contribution in [-0.4, -0.2) is 41.6 Å². The van der Waals surface area contributed by atoms with Gasteiger partial charge in [0.1, 0.15) is 11.6 Å². The van der Waals surface area contributed by atoms with Gasteiger partial charge in [0.05, 0.1) is 11.8 Å². The smallest absolute Gasteiger partial charge is 0.406 e. The van der Waals surface area contributed by atoms with E-state index < -0.39 is 6.36 Å². The quantitative estimate of drug-likeness (QED) is 0.649. The number of anilines is 2. The second-order valence-corrected chi connectivity index (χ2v) is 7.01. The lowest BCUT2D eigenvalue weighted by molar-refractivity contribution is -0.274. The van der Waals surface area contributed by atoms with Crippen LogP contribution >= 0.6 is 0 Å². The molecule has 6 nitrogen and oxygen atoms in total. The lowest BCUT2D eigenvalue weighted by Crippen LogP contribution is -2.20. The molecule has 2 N–H and O–H groups in total. The summed E-state index contributed by atoms with van der Waals surface area (Å²) in [5, 5.41) is 6.47. The van der Waals surface area contributed by atoms with Crippen molar-refractivity contribution in [1.29, 1.82) is 0 Å². The summed E-state index contributed by atoms with van der Waals surface area (Å²) in [5.41, 5.74) is 0.995. The van der Waals surface area contributed by atoms with Gasteiger partial charge in [0.25, 0.3) is 0 Å². The molecule has 1 aromatic carbocycles. The van der Waals surface area contributed by atoms with Gasteiger partial charge in [0.2, 0.25) is 5.95 Å². The van der Waals surface area contributed by atoms with Crippen molar-refractivity contribution in [3.05, 3.63) is 30.3 Å². The van der Waals surface area contributed by atoms with Gasteiger partial charge in [-0.05, 0) is 38.3 Å². The first-order chi connectivity index (χ1) is 13.8. The number of hydrogen-bond donors (Lipinski definition) is 2. The average molecular weight is 410 g/mol. The van der Waals surface area contributed by atoms with Gasteiger partial charge < -0.3 is 20.1 Å². The minimum absolute atomic E-state index is 0.128. The van der Waals surface area contributed by atoms with Crippen molar-refractivity contribution >= 4 is 11.8 Å². The first-order valence-corrected chi connectivity index (χ1v) is 9.69. The van der Waals surface area contributed by atoms with Crippen molar-refractivity contribution in [2.75, 3.05) is 23.8 Å². The molecule has 9 heteroatoms. The molecule has 2 aromatic rings. The molecule has 0 bridgehead atoms. The van der Waals surface area contributed by atoms with E-state index >= 15 is 0 Å². The second-order valence-electron chi connectivity index (χ2n) is 7.01. The van der Waals surface area contributed by atoms with Gasteiger partial charge >= 0.3 is 6.36 Å². The van der Waals surface area contributed by atoms with Crippen molar-refractivity contribution in [2.24, 2.45) is 0 Å². The molecule has 0 aliphatic carbocycles. The van der Waals surface area contributed by atoms with Crippen LogP contribution in [0.3, 0.4) is 0 Å². The molecular weight excluding hydrogens is 385 g/mol. The lowest BCUT2D eigenvalue weighted by Gasteiger charge is -2.16. The van der Waals surface area contributed by atoms with E-state index in [1.807, 2.05) is 13.8 Å². The normalized spacial score (nSPS) is 17.8. The summed E-state index contributed by atoms with van der Waals surface area (Å²) < 4.78 is 47.3. The van der Waals surface area contributed by atoms with Crippen LogP contribution in [0, 0.1) is 0 Å². The van der Waals surface area contributed by atoms with Gasteiger partial charge in [-0.3, -0.25) is 0 Å². The van der Waals surface area contributed by atoms with Gasteiger partial charge in [-0.1, -0.05) is 19.1 Å². The number of nitrogens with zero attached hydrogens (tertiary/aromatic N) is 2. The van der Waals surface area contributed by atoms with Crippen LogP contribution in [0.1, 0.15) is 33.1 Å². The highest BCUT2D eigenvalue weighted by Gasteiger charge is 2.31. The van der Waals surface area contributed by atoms with Gasteiger partial charge in [0.15, 0.2) is 0 Å². The summed E-state index contributed by atoms with van der Waals surface area (Å²) in [6.45, 7) is 5.41. The highest BCUT2D eigenvalue weighted by Crippen LogP contribution is 2.29. The third-order valence-electron chi connectivity index (χ3n) is 4.61. The maximum atomic E-state index is 12.6. The highest BCUT2D eigenvalue weighted by molar-refractivity contribution is 5.66. The van der Waals surface area contributed by atoms with Gasteiger partial charge in [-0.25, -0.2) is 4.98 Å². The molecule has 2 atom stereocenters. The highest BCUT2D eigenvalue weighted by atomic mass is 19.4. The predicted octanol–water partition coefficient (Wildman–Crippen LogP) is 4.84. The minimum Gasteiger partial charge on any atom is -0.406 e. The zero-order chi connectivity index (χ0) is 20.9. The molecule has 1 aliphatic heterocycles. The number of ether oxygens (including phenoxy) is 2. The van der Waals surface area contributed by atoms with Crippen molar-refractivity contribution < 1.29 is 22.6 Å². The number of hydrogen-bond acceptors (Lipinski definition) is 6. The minimum atomic E-state index is -4.75. The van der Waals surface area contributed by atoms with E-state index in [0.717, 1.165) is 25.9 Å². The first kappa shape index (κ1) is 21.2. The molecule has 1 aliphatic rings. The Morgan fingerprint density at radius 3 is 2.79 bits per heavy atom. The van der Waals surface area contributed by atoms with Crippen molar-refractivity contribution in [3.63, 3.8) is 0 Å². The summed E-state index contributed by atoms with van der Waals surface area (Å²) in [6, 6.07) is 7.61. The molecule has 0 amide bonds. The monoisotopic (exact) mass is 410 g/mol. The van der Waals surface area contributed by atoms with E-state index in [9.17, 15) is 13.2 Å². The maximum absolute atomic E-state index is 12.6.